The molecule has 0 spiro atoms. The van der Waals surface area contributed by atoms with E-state index in [1.807, 2.05) is 31.3 Å². The number of hydrogen-bond acceptors (Lipinski definition) is 6. The van der Waals surface area contributed by atoms with Gasteiger partial charge < -0.3 is 20.3 Å². The van der Waals surface area contributed by atoms with Crippen LogP contribution >= 0.6 is 0 Å². The van der Waals surface area contributed by atoms with Crippen molar-refractivity contribution in [3.63, 3.8) is 0 Å². The van der Waals surface area contributed by atoms with Crippen LogP contribution in [0, 0.1) is 0 Å². The fourth-order valence-corrected chi connectivity index (χ4v) is 3.31. The summed E-state index contributed by atoms with van der Waals surface area (Å²) in [6, 6.07) is 10.5. The molecule has 0 amide bonds. The molecule has 1 aromatic carbocycles. The molecule has 1 aromatic heterocycles. The van der Waals surface area contributed by atoms with E-state index in [4.69, 9.17) is 4.74 Å². The molecule has 2 heterocycles. The van der Waals surface area contributed by atoms with Crippen molar-refractivity contribution in [1.82, 2.24) is 15.3 Å². The lowest BCUT2D eigenvalue weighted by molar-refractivity contribution is 0.414. The minimum absolute atomic E-state index is 0.467. The monoisotopic (exact) mass is 353 g/mol. The van der Waals surface area contributed by atoms with Gasteiger partial charge in [0.1, 0.15) is 23.7 Å². The Hall–Kier alpha value is -2.60. The van der Waals surface area contributed by atoms with Crippen molar-refractivity contribution in [3.05, 3.63) is 48.3 Å². The number of anilines is 2. The Morgan fingerprint density at radius 3 is 3.04 bits per heavy atom. The SMILES string of the molecule is CNc1cc(N2CCCC2CNC/C=C/c2ccccc2OC)ncn1. The van der Waals surface area contributed by atoms with Crippen LogP contribution in [0.2, 0.25) is 0 Å². The highest BCUT2D eigenvalue weighted by molar-refractivity contribution is 5.57. The number of nitrogens with one attached hydrogen (secondary N) is 2. The van der Waals surface area contributed by atoms with E-state index in [1.54, 1.807) is 13.4 Å². The smallest absolute Gasteiger partial charge is 0.134 e. The van der Waals surface area contributed by atoms with Crippen LogP contribution in [0.1, 0.15) is 18.4 Å². The molecule has 1 unspecified atom stereocenters. The number of methoxy groups -OCH3 is 1. The Bertz CT molecular complexity index is 734. The van der Waals surface area contributed by atoms with Crippen LogP contribution in [-0.4, -0.2) is 49.8 Å². The van der Waals surface area contributed by atoms with Crippen LogP contribution in [0.5, 0.6) is 5.75 Å². The summed E-state index contributed by atoms with van der Waals surface area (Å²) in [6.45, 7) is 2.81. The average molecular weight is 353 g/mol. The van der Waals surface area contributed by atoms with Crippen molar-refractivity contribution in [1.29, 1.82) is 0 Å². The molecular weight excluding hydrogens is 326 g/mol. The lowest BCUT2D eigenvalue weighted by Crippen LogP contribution is -2.38. The molecule has 0 saturated carbocycles. The predicted molar refractivity (Wildman–Crippen MR) is 107 cm³/mol. The van der Waals surface area contributed by atoms with Crippen molar-refractivity contribution >= 4 is 17.7 Å². The van der Waals surface area contributed by atoms with Crippen LogP contribution in [0.25, 0.3) is 6.08 Å². The van der Waals surface area contributed by atoms with Crippen molar-refractivity contribution in [2.75, 3.05) is 44.0 Å². The molecule has 1 aliphatic rings. The Morgan fingerprint density at radius 1 is 1.31 bits per heavy atom. The van der Waals surface area contributed by atoms with Crippen LogP contribution in [0.3, 0.4) is 0 Å². The number of benzene rings is 1. The van der Waals surface area contributed by atoms with Gasteiger partial charge in [-0.2, -0.15) is 0 Å². The zero-order chi connectivity index (χ0) is 18.2. The Kier molecular flexibility index (Phi) is 6.44. The summed E-state index contributed by atoms with van der Waals surface area (Å²) < 4.78 is 5.37. The second-order valence-corrected chi connectivity index (χ2v) is 6.30. The van der Waals surface area contributed by atoms with Crippen molar-refractivity contribution in [3.8, 4) is 5.75 Å². The van der Waals surface area contributed by atoms with E-state index in [-0.39, 0.29) is 0 Å². The maximum atomic E-state index is 5.37. The van der Waals surface area contributed by atoms with Gasteiger partial charge in [0.2, 0.25) is 0 Å². The molecule has 1 fully saturated rings. The minimum Gasteiger partial charge on any atom is -0.496 e. The first-order valence-electron chi connectivity index (χ1n) is 9.08. The molecular formula is C20H27N5O. The zero-order valence-corrected chi connectivity index (χ0v) is 15.5. The highest BCUT2D eigenvalue weighted by Crippen LogP contribution is 2.24. The first-order valence-corrected chi connectivity index (χ1v) is 9.08. The molecule has 0 bridgehead atoms. The summed E-state index contributed by atoms with van der Waals surface area (Å²) in [5, 5.41) is 6.61. The Labute approximate surface area is 155 Å². The molecule has 0 radical (unpaired) electrons. The van der Waals surface area contributed by atoms with Crippen LogP contribution in [-0.2, 0) is 0 Å². The van der Waals surface area contributed by atoms with E-state index in [0.29, 0.717) is 6.04 Å². The number of para-hydroxylation sites is 1. The van der Waals surface area contributed by atoms with Crippen molar-refractivity contribution in [2.24, 2.45) is 0 Å². The largest absolute Gasteiger partial charge is 0.496 e. The summed E-state index contributed by atoms with van der Waals surface area (Å²) in [5.74, 6) is 2.75. The highest BCUT2D eigenvalue weighted by atomic mass is 16.5. The summed E-state index contributed by atoms with van der Waals surface area (Å²) in [7, 11) is 3.58. The van der Waals surface area contributed by atoms with E-state index in [9.17, 15) is 0 Å². The maximum absolute atomic E-state index is 5.37. The average Bonchev–Trinajstić information content (AvgIpc) is 3.16. The van der Waals surface area contributed by atoms with Gasteiger partial charge in [0, 0.05) is 44.4 Å². The minimum atomic E-state index is 0.467. The first-order chi connectivity index (χ1) is 12.8. The number of rotatable bonds is 8. The molecule has 26 heavy (non-hydrogen) atoms. The third-order valence-electron chi connectivity index (χ3n) is 4.66. The molecule has 6 heteroatoms. The lowest BCUT2D eigenvalue weighted by atomic mass is 10.2. The van der Waals surface area contributed by atoms with E-state index in [0.717, 1.165) is 42.6 Å². The Balaban J connectivity index is 1.51. The molecule has 2 N–H and O–H groups in total. The number of nitrogens with zero attached hydrogens (tertiary/aromatic N) is 3. The predicted octanol–water partition coefficient (Wildman–Crippen LogP) is 2.80. The molecule has 1 aliphatic heterocycles. The highest BCUT2D eigenvalue weighted by Gasteiger charge is 2.25. The van der Waals surface area contributed by atoms with E-state index in [2.05, 4.69) is 43.7 Å². The molecule has 3 rings (SSSR count). The number of ether oxygens (including phenoxy) is 1. The topological polar surface area (TPSA) is 62.3 Å². The van der Waals surface area contributed by atoms with Gasteiger partial charge in [0.15, 0.2) is 0 Å². The Morgan fingerprint density at radius 2 is 2.19 bits per heavy atom. The van der Waals surface area contributed by atoms with Gasteiger partial charge in [0.25, 0.3) is 0 Å². The van der Waals surface area contributed by atoms with E-state index in [1.165, 1.54) is 12.8 Å². The summed E-state index contributed by atoms with van der Waals surface area (Å²) in [4.78, 5) is 11.0. The summed E-state index contributed by atoms with van der Waals surface area (Å²) in [6.07, 6.45) is 8.24. The third-order valence-corrected chi connectivity index (χ3v) is 4.66. The van der Waals surface area contributed by atoms with E-state index >= 15 is 0 Å². The van der Waals surface area contributed by atoms with Gasteiger partial charge in [-0.05, 0) is 18.9 Å². The van der Waals surface area contributed by atoms with Crippen LogP contribution in [0.15, 0.2) is 42.7 Å². The fourth-order valence-electron chi connectivity index (χ4n) is 3.31. The van der Waals surface area contributed by atoms with Crippen molar-refractivity contribution in [2.45, 2.75) is 18.9 Å². The second-order valence-electron chi connectivity index (χ2n) is 6.30. The van der Waals surface area contributed by atoms with Crippen LogP contribution in [0.4, 0.5) is 11.6 Å². The summed E-state index contributed by atoms with van der Waals surface area (Å²) >= 11 is 0. The second kappa shape index (κ2) is 9.20. The first kappa shape index (κ1) is 18.2. The van der Waals surface area contributed by atoms with Gasteiger partial charge in [0.05, 0.1) is 7.11 Å². The molecule has 1 saturated heterocycles. The lowest BCUT2D eigenvalue weighted by Gasteiger charge is -2.26. The fraction of sp³-hybridized carbons (Fsp3) is 0.400. The number of aromatic nitrogens is 2. The quantitative estimate of drug-likeness (QED) is 0.712. The summed E-state index contributed by atoms with van der Waals surface area (Å²) in [5.41, 5.74) is 1.10. The van der Waals surface area contributed by atoms with E-state index < -0.39 is 0 Å². The molecule has 138 valence electrons. The number of hydrogen-bond donors (Lipinski definition) is 2. The molecule has 0 aliphatic carbocycles. The maximum Gasteiger partial charge on any atom is 0.134 e. The third kappa shape index (κ3) is 4.52. The van der Waals surface area contributed by atoms with Crippen molar-refractivity contribution < 1.29 is 4.74 Å². The van der Waals surface area contributed by atoms with Gasteiger partial charge >= 0.3 is 0 Å². The normalized spacial score (nSPS) is 17.0. The standard InChI is InChI=1S/C20H27N5O/c1-21-19-13-20(24-15-23-19)25-12-6-9-17(25)14-22-11-5-8-16-7-3-4-10-18(16)26-2/h3-5,7-8,10,13,15,17,22H,6,9,11-12,14H2,1-2H3,(H,21,23,24)/b8-5+. The van der Waals surface area contributed by atoms with Gasteiger partial charge in [-0.1, -0.05) is 30.4 Å². The zero-order valence-electron chi connectivity index (χ0n) is 15.5. The van der Waals surface area contributed by atoms with Gasteiger partial charge in [-0.15, -0.1) is 0 Å². The molecule has 6 nitrogen and oxygen atoms in total. The molecule has 2 aromatic rings. The molecule has 1 atom stereocenters. The van der Waals surface area contributed by atoms with Crippen LogP contribution < -0.4 is 20.3 Å². The van der Waals surface area contributed by atoms with Gasteiger partial charge in [-0.25, -0.2) is 9.97 Å². The van der Waals surface area contributed by atoms with Gasteiger partial charge in [-0.3, -0.25) is 0 Å².